The SMILES string of the molecule is NCc1nc(-c2cc(F)cc(C(F)(F)F)c2)no1. The number of benzene rings is 1. The molecule has 0 saturated heterocycles. The molecule has 0 radical (unpaired) electrons. The van der Waals surface area contributed by atoms with E-state index in [0.717, 1.165) is 12.1 Å². The molecular weight excluding hydrogens is 254 g/mol. The monoisotopic (exact) mass is 261 g/mol. The van der Waals surface area contributed by atoms with Crippen molar-refractivity contribution in [3.63, 3.8) is 0 Å². The lowest BCUT2D eigenvalue weighted by Gasteiger charge is -2.07. The topological polar surface area (TPSA) is 64.9 Å². The third-order valence-corrected chi connectivity index (χ3v) is 2.13. The largest absolute Gasteiger partial charge is 0.416 e. The zero-order valence-corrected chi connectivity index (χ0v) is 8.83. The van der Waals surface area contributed by atoms with Crippen molar-refractivity contribution >= 4 is 0 Å². The minimum Gasteiger partial charge on any atom is -0.338 e. The summed E-state index contributed by atoms with van der Waals surface area (Å²) >= 11 is 0. The van der Waals surface area contributed by atoms with Gasteiger partial charge in [0.25, 0.3) is 0 Å². The van der Waals surface area contributed by atoms with Crippen LogP contribution in [0.4, 0.5) is 17.6 Å². The third-order valence-electron chi connectivity index (χ3n) is 2.13. The highest BCUT2D eigenvalue weighted by Crippen LogP contribution is 2.32. The standard InChI is InChI=1S/C10H7F4N3O/c11-7-2-5(1-6(3-7)10(12,13)14)9-16-8(4-15)18-17-9/h1-3H,4,15H2. The van der Waals surface area contributed by atoms with Gasteiger partial charge in [0.2, 0.25) is 11.7 Å². The van der Waals surface area contributed by atoms with E-state index in [-0.39, 0.29) is 23.8 Å². The van der Waals surface area contributed by atoms with Crippen molar-refractivity contribution in [2.24, 2.45) is 5.73 Å². The Morgan fingerprint density at radius 2 is 1.94 bits per heavy atom. The summed E-state index contributed by atoms with van der Waals surface area (Å²) in [6.07, 6.45) is -4.64. The number of hydrogen-bond donors (Lipinski definition) is 1. The summed E-state index contributed by atoms with van der Waals surface area (Å²) < 4.78 is 55.2. The van der Waals surface area contributed by atoms with Gasteiger partial charge < -0.3 is 10.3 Å². The molecule has 0 atom stereocenters. The lowest BCUT2D eigenvalue weighted by Crippen LogP contribution is -2.05. The van der Waals surface area contributed by atoms with Crippen molar-refractivity contribution in [2.45, 2.75) is 12.7 Å². The number of rotatable bonds is 2. The fourth-order valence-corrected chi connectivity index (χ4v) is 1.34. The molecule has 0 bridgehead atoms. The maximum atomic E-state index is 13.1. The van der Waals surface area contributed by atoms with Gasteiger partial charge in [-0.3, -0.25) is 0 Å². The van der Waals surface area contributed by atoms with Gasteiger partial charge in [0, 0.05) is 5.56 Å². The maximum Gasteiger partial charge on any atom is 0.416 e. The van der Waals surface area contributed by atoms with Gasteiger partial charge in [0.1, 0.15) is 5.82 Å². The lowest BCUT2D eigenvalue weighted by molar-refractivity contribution is -0.137. The summed E-state index contributed by atoms with van der Waals surface area (Å²) in [4.78, 5) is 3.73. The van der Waals surface area contributed by atoms with Crippen LogP contribution >= 0.6 is 0 Å². The average molecular weight is 261 g/mol. The Morgan fingerprint density at radius 3 is 2.50 bits per heavy atom. The van der Waals surface area contributed by atoms with Crippen LogP contribution in [0, 0.1) is 5.82 Å². The molecule has 8 heteroatoms. The molecule has 2 rings (SSSR count). The molecule has 0 aliphatic rings. The minimum atomic E-state index is -4.64. The number of halogens is 4. The van der Waals surface area contributed by atoms with Crippen LogP contribution in [0.25, 0.3) is 11.4 Å². The van der Waals surface area contributed by atoms with Crippen LogP contribution in [-0.4, -0.2) is 10.1 Å². The van der Waals surface area contributed by atoms with Crippen molar-refractivity contribution in [3.05, 3.63) is 35.5 Å². The van der Waals surface area contributed by atoms with E-state index in [2.05, 4.69) is 14.7 Å². The maximum absolute atomic E-state index is 13.1. The van der Waals surface area contributed by atoms with Crippen LogP contribution in [0.5, 0.6) is 0 Å². The first-order chi connectivity index (χ1) is 8.40. The van der Waals surface area contributed by atoms with Gasteiger partial charge >= 0.3 is 6.18 Å². The Hall–Kier alpha value is -1.96. The first-order valence-electron chi connectivity index (χ1n) is 4.81. The van der Waals surface area contributed by atoms with Crippen LogP contribution in [0.2, 0.25) is 0 Å². The van der Waals surface area contributed by atoms with Gasteiger partial charge in [-0.25, -0.2) is 4.39 Å². The highest BCUT2D eigenvalue weighted by molar-refractivity contribution is 5.56. The van der Waals surface area contributed by atoms with E-state index >= 15 is 0 Å². The van der Waals surface area contributed by atoms with Crippen LogP contribution in [-0.2, 0) is 12.7 Å². The van der Waals surface area contributed by atoms with E-state index in [9.17, 15) is 17.6 Å². The molecule has 1 heterocycles. The van der Waals surface area contributed by atoms with E-state index in [0.29, 0.717) is 6.07 Å². The van der Waals surface area contributed by atoms with Gasteiger partial charge in [-0.05, 0) is 18.2 Å². The van der Waals surface area contributed by atoms with Gasteiger partial charge in [0.15, 0.2) is 0 Å². The van der Waals surface area contributed by atoms with E-state index in [4.69, 9.17) is 5.73 Å². The van der Waals surface area contributed by atoms with E-state index < -0.39 is 17.6 Å². The lowest BCUT2D eigenvalue weighted by atomic mass is 10.1. The van der Waals surface area contributed by atoms with Crippen LogP contribution in [0.1, 0.15) is 11.5 Å². The zero-order valence-electron chi connectivity index (χ0n) is 8.83. The van der Waals surface area contributed by atoms with Gasteiger partial charge in [0.05, 0.1) is 12.1 Å². The molecule has 1 aromatic carbocycles. The Balaban J connectivity index is 2.48. The number of hydrogen-bond acceptors (Lipinski definition) is 4. The fraction of sp³-hybridized carbons (Fsp3) is 0.200. The minimum absolute atomic E-state index is 0.0472. The van der Waals surface area contributed by atoms with Gasteiger partial charge in [-0.1, -0.05) is 5.16 Å². The normalized spacial score (nSPS) is 11.8. The molecule has 1 aromatic heterocycles. The van der Waals surface area contributed by atoms with Gasteiger partial charge in [-0.2, -0.15) is 18.2 Å². The summed E-state index contributed by atoms with van der Waals surface area (Å²) in [5.74, 6) is -1.11. The van der Waals surface area contributed by atoms with Crippen molar-refractivity contribution in [1.29, 1.82) is 0 Å². The molecule has 96 valence electrons. The predicted molar refractivity (Wildman–Crippen MR) is 52.6 cm³/mol. The van der Waals surface area contributed by atoms with E-state index in [1.807, 2.05) is 0 Å². The summed E-state index contributed by atoms with van der Waals surface area (Å²) in [6.45, 7) is -0.0472. The second-order valence-corrected chi connectivity index (χ2v) is 3.44. The second kappa shape index (κ2) is 4.37. The molecule has 0 saturated carbocycles. The quantitative estimate of drug-likeness (QED) is 0.843. The molecule has 0 amide bonds. The molecule has 0 fully saturated rings. The van der Waals surface area contributed by atoms with E-state index in [1.165, 1.54) is 0 Å². The molecular formula is C10H7F4N3O. The smallest absolute Gasteiger partial charge is 0.338 e. The van der Waals surface area contributed by atoms with Crippen molar-refractivity contribution in [2.75, 3.05) is 0 Å². The third kappa shape index (κ3) is 2.48. The van der Waals surface area contributed by atoms with Gasteiger partial charge in [-0.15, -0.1) is 0 Å². The molecule has 0 unspecified atom stereocenters. The Morgan fingerprint density at radius 1 is 1.22 bits per heavy atom. The molecule has 0 spiro atoms. The van der Waals surface area contributed by atoms with E-state index in [1.54, 1.807) is 0 Å². The summed E-state index contributed by atoms with van der Waals surface area (Å²) in [7, 11) is 0. The number of nitrogens with two attached hydrogens (primary N) is 1. The Bertz CT molecular complexity index is 564. The summed E-state index contributed by atoms with van der Waals surface area (Å²) in [5.41, 5.74) is 3.99. The predicted octanol–water partition coefficient (Wildman–Crippen LogP) is 2.35. The van der Waals surface area contributed by atoms with Crippen LogP contribution in [0.15, 0.2) is 22.7 Å². The van der Waals surface area contributed by atoms with Crippen molar-refractivity contribution in [3.8, 4) is 11.4 Å². The highest BCUT2D eigenvalue weighted by atomic mass is 19.4. The molecule has 2 N–H and O–H groups in total. The summed E-state index contributed by atoms with van der Waals surface area (Å²) in [5, 5.41) is 3.42. The van der Waals surface area contributed by atoms with Crippen molar-refractivity contribution in [1.82, 2.24) is 10.1 Å². The van der Waals surface area contributed by atoms with Crippen LogP contribution in [0.3, 0.4) is 0 Å². The molecule has 4 nitrogen and oxygen atoms in total. The number of alkyl halides is 3. The second-order valence-electron chi connectivity index (χ2n) is 3.44. The summed E-state index contributed by atoms with van der Waals surface area (Å²) in [6, 6.07) is 2.03. The Labute approximate surface area is 98.4 Å². The zero-order chi connectivity index (χ0) is 13.3. The Kier molecular flexibility index (Phi) is 3.04. The molecule has 0 aliphatic heterocycles. The van der Waals surface area contributed by atoms with Crippen molar-refractivity contribution < 1.29 is 22.1 Å². The fourth-order valence-electron chi connectivity index (χ4n) is 1.34. The number of aromatic nitrogens is 2. The first kappa shape index (κ1) is 12.5. The molecule has 18 heavy (non-hydrogen) atoms. The van der Waals surface area contributed by atoms with Crippen LogP contribution < -0.4 is 5.73 Å². The molecule has 0 aliphatic carbocycles. The molecule has 2 aromatic rings. The average Bonchev–Trinajstić information content (AvgIpc) is 2.75. The number of nitrogens with zero attached hydrogens (tertiary/aromatic N) is 2. The first-order valence-corrected chi connectivity index (χ1v) is 4.81. The highest BCUT2D eigenvalue weighted by Gasteiger charge is 2.31.